The molecule has 3 saturated heterocycles. The SMILES string of the molecule is O=C(CN1CCN(C(=O)C2CCOC2)CC1)N1CCCC1. The summed E-state index contributed by atoms with van der Waals surface area (Å²) >= 11 is 0. The molecule has 0 spiro atoms. The summed E-state index contributed by atoms with van der Waals surface area (Å²) in [5, 5.41) is 0. The summed E-state index contributed by atoms with van der Waals surface area (Å²) in [6.45, 7) is 6.71. The van der Waals surface area contributed by atoms with Gasteiger partial charge in [0.1, 0.15) is 0 Å². The molecule has 2 amide bonds. The fourth-order valence-corrected chi connectivity index (χ4v) is 3.37. The van der Waals surface area contributed by atoms with Crippen molar-refractivity contribution in [2.24, 2.45) is 5.92 Å². The van der Waals surface area contributed by atoms with Gasteiger partial charge in [-0.05, 0) is 19.3 Å². The van der Waals surface area contributed by atoms with Crippen molar-refractivity contribution in [2.75, 3.05) is 59.0 Å². The molecule has 1 atom stereocenters. The first-order valence-electron chi connectivity index (χ1n) is 8.11. The summed E-state index contributed by atoms with van der Waals surface area (Å²) in [6.07, 6.45) is 3.13. The van der Waals surface area contributed by atoms with Crippen molar-refractivity contribution >= 4 is 11.8 Å². The van der Waals surface area contributed by atoms with Crippen LogP contribution in [0.2, 0.25) is 0 Å². The van der Waals surface area contributed by atoms with E-state index in [0.717, 1.165) is 58.5 Å². The van der Waals surface area contributed by atoms with Gasteiger partial charge in [-0.3, -0.25) is 14.5 Å². The molecule has 3 aliphatic rings. The summed E-state index contributed by atoms with van der Waals surface area (Å²) in [4.78, 5) is 30.5. The van der Waals surface area contributed by atoms with Gasteiger partial charge >= 0.3 is 0 Å². The number of piperazine rings is 1. The monoisotopic (exact) mass is 295 g/mol. The number of hydrogen-bond donors (Lipinski definition) is 0. The Morgan fingerprint density at radius 3 is 2.29 bits per heavy atom. The Hall–Kier alpha value is -1.14. The molecule has 1 unspecified atom stereocenters. The minimum atomic E-state index is 0.0581. The predicted molar refractivity (Wildman–Crippen MR) is 77.8 cm³/mol. The number of ether oxygens (including phenoxy) is 1. The lowest BCUT2D eigenvalue weighted by molar-refractivity contribution is -0.138. The molecule has 0 bridgehead atoms. The third-order valence-corrected chi connectivity index (χ3v) is 4.78. The molecule has 3 heterocycles. The van der Waals surface area contributed by atoms with Crippen LogP contribution in [0.4, 0.5) is 0 Å². The molecule has 3 fully saturated rings. The van der Waals surface area contributed by atoms with Crippen LogP contribution in [-0.2, 0) is 14.3 Å². The van der Waals surface area contributed by atoms with Gasteiger partial charge in [-0.25, -0.2) is 0 Å². The highest BCUT2D eigenvalue weighted by molar-refractivity contribution is 5.80. The van der Waals surface area contributed by atoms with Crippen LogP contribution in [0.5, 0.6) is 0 Å². The topological polar surface area (TPSA) is 53.1 Å². The first-order chi connectivity index (χ1) is 10.2. The van der Waals surface area contributed by atoms with Crippen LogP contribution < -0.4 is 0 Å². The van der Waals surface area contributed by atoms with Crippen LogP contribution in [0.15, 0.2) is 0 Å². The van der Waals surface area contributed by atoms with Crippen molar-refractivity contribution in [3.8, 4) is 0 Å². The van der Waals surface area contributed by atoms with Gasteiger partial charge in [-0.15, -0.1) is 0 Å². The molecule has 0 radical (unpaired) electrons. The maximum Gasteiger partial charge on any atom is 0.236 e. The summed E-state index contributed by atoms with van der Waals surface area (Å²) in [7, 11) is 0. The number of nitrogens with zero attached hydrogens (tertiary/aromatic N) is 3. The lowest BCUT2D eigenvalue weighted by Gasteiger charge is -2.36. The molecule has 0 aromatic heterocycles. The van der Waals surface area contributed by atoms with E-state index in [9.17, 15) is 9.59 Å². The molecule has 0 N–H and O–H groups in total. The van der Waals surface area contributed by atoms with Crippen LogP contribution in [0.25, 0.3) is 0 Å². The average Bonchev–Trinajstić information content (AvgIpc) is 3.20. The van der Waals surface area contributed by atoms with E-state index < -0.39 is 0 Å². The molecule has 3 aliphatic heterocycles. The van der Waals surface area contributed by atoms with E-state index in [1.165, 1.54) is 0 Å². The van der Waals surface area contributed by atoms with Crippen molar-refractivity contribution < 1.29 is 14.3 Å². The maximum atomic E-state index is 12.3. The van der Waals surface area contributed by atoms with E-state index in [-0.39, 0.29) is 17.7 Å². The minimum Gasteiger partial charge on any atom is -0.381 e. The van der Waals surface area contributed by atoms with E-state index >= 15 is 0 Å². The zero-order valence-corrected chi connectivity index (χ0v) is 12.6. The van der Waals surface area contributed by atoms with Gasteiger partial charge < -0.3 is 14.5 Å². The molecule has 0 aromatic carbocycles. The number of carbonyl (C=O) groups excluding carboxylic acids is 2. The lowest BCUT2D eigenvalue weighted by atomic mass is 10.1. The molecule has 0 aliphatic carbocycles. The van der Waals surface area contributed by atoms with Gasteiger partial charge in [-0.2, -0.15) is 0 Å². The Morgan fingerprint density at radius 2 is 1.67 bits per heavy atom. The number of rotatable bonds is 3. The van der Waals surface area contributed by atoms with Crippen LogP contribution in [0.3, 0.4) is 0 Å². The smallest absolute Gasteiger partial charge is 0.236 e. The van der Waals surface area contributed by atoms with E-state index in [0.29, 0.717) is 19.8 Å². The Morgan fingerprint density at radius 1 is 0.952 bits per heavy atom. The molecule has 3 rings (SSSR count). The second-order valence-corrected chi connectivity index (χ2v) is 6.25. The second kappa shape index (κ2) is 6.75. The average molecular weight is 295 g/mol. The molecular weight excluding hydrogens is 270 g/mol. The van der Waals surface area contributed by atoms with Crippen molar-refractivity contribution in [3.63, 3.8) is 0 Å². The zero-order valence-electron chi connectivity index (χ0n) is 12.6. The number of hydrogen-bond acceptors (Lipinski definition) is 4. The molecule has 118 valence electrons. The fourth-order valence-electron chi connectivity index (χ4n) is 3.37. The number of likely N-dealkylation sites (tertiary alicyclic amines) is 1. The Bertz CT molecular complexity index is 382. The Balaban J connectivity index is 1.42. The van der Waals surface area contributed by atoms with Crippen molar-refractivity contribution in [3.05, 3.63) is 0 Å². The van der Waals surface area contributed by atoms with Crippen molar-refractivity contribution in [2.45, 2.75) is 19.3 Å². The van der Waals surface area contributed by atoms with E-state index in [1.54, 1.807) is 0 Å². The first-order valence-corrected chi connectivity index (χ1v) is 8.11. The molecule has 21 heavy (non-hydrogen) atoms. The molecule has 0 saturated carbocycles. The predicted octanol–water partition coefficient (Wildman–Crippen LogP) is -0.210. The Kier molecular flexibility index (Phi) is 4.75. The highest BCUT2D eigenvalue weighted by Crippen LogP contribution is 2.17. The zero-order chi connectivity index (χ0) is 14.7. The van der Waals surface area contributed by atoms with Gasteiger partial charge in [0.05, 0.1) is 19.1 Å². The van der Waals surface area contributed by atoms with E-state index in [2.05, 4.69) is 4.90 Å². The van der Waals surface area contributed by atoms with E-state index in [1.807, 2.05) is 9.80 Å². The normalized spacial score (nSPS) is 27.3. The van der Waals surface area contributed by atoms with Gasteiger partial charge in [0.15, 0.2) is 0 Å². The quantitative estimate of drug-likeness (QED) is 0.723. The largest absolute Gasteiger partial charge is 0.381 e. The molecule has 0 aromatic rings. The van der Waals surface area contributed by atoms with Gasteiger partial charge in [0.25, 0.3) is 0 Å². The number of amides is 2. The number of carbonyl (C=O) groups is 2. The Labute approximate surface area is 126 Å². The maximum absolute atomic E-state index is 12.3. The third-order valence-electron chi connectivity index (χ3n) is 4.78. The standard InChI is InChI=1S/C15H25N3O3/c19-14(17-4-1-2-5-17)11-16-6-8-18(9-7-16)15(20)13-3-10-21-12-13/h13H,1-12H2. The lowest BCUT2D eigenvalue weighted by Crippen LogP contribution is -2.52. The van der Waals surface area contributed by atoms with Crippen LogP contribution >= 0.6 is 0 Å². The molecular formula is C15H25N3O3. The highest BCUT2D eigenvalue weighted by Gasteiger charge is 2.30. The van der Waals surface area contributed by atoms with Crippen LogP contribution in [0, 0.1) is 5.92 Å². The summed E-state index contributed by atoms with van der Waals surface area (Å²) in [5.41, 5.74) is 0. The summed E-state index contributed by atoms with van der Waals surface area (Å²) < 4.78 is 5.29. The van der Waals surface area contributed by atoms with Gasteiger partial charge in [-0.1, -0.05) is 0 Å². The summed E-state index contributed by atoms with van der Waals surface area (Å²) in [6, 6.07) is 0. The summed E-state index contributed by atoms with van der Waals surface area (Å²) in [5.74, 6) is 0.539. The minimum absolute atomic E-state index is 0.0581. The fraction of sp³-hybridized carbons (Fsp3) is 0.867. The van der Waals surface area contributed by atoms with Crippen LogP contribution in [0.1, 0.15) is 19.3 Å². The first kappa shape index (κ1) is 14.8. The molecule has 6 heteroatoms. The van der Waals surface area contributed by atoms with E-state index in [4.69, 9.17) is 4.74 Å². The highest BCUT2D eigenvalue weighted by atomic mass is 16.5. The van der Waals surface area contributed by atoms with Crippen LogP contribution in [-0.4, -0.2) is 85.5 Å². The second-order valence-electron chi connectivity index (χ2n) is 6.25. The van der Waals surface area contributed by atoms with Crippen molar-refractivity contribution in [1.29, 1.82) is 0 Å². The van der Waals surface area contributed by atoms with Gasteiger partial charge in [0, 0.05) is 45.9 Å². The van der Waals surface area contributed by atoms with Crippen molar-refractivity contribution in [1.82, 2.24) is 14.7 Å². The van der Waals surface area contributed by atoms with Gasteiger partial charge in [0.2, 0.25) is 11.8 Å². The third kappa shape index (κ3) is 3.55. The molecule has 6 nitrogen and oxygen atoms in total.